The van der Waals surface area contributed by atoms with Gasteiger partial charge >= 0.3 is 0 Å². The van der Waals surface area contributed by atoms with E-state index in [0.717, 1.165) is 12.2 Å². The zero-order valence-corrected chi connectivity index (χ0v) is 15.9. The summed E-state index contributed by atoms with van der Waals surface area (Å²) in [6, 6.07) is 6.40. The Hall–Kier alpha value is -1.65. The molecule has 0 saturated heterocycles. The van der Waals surface area contributed by atoms with Crippen LogP contribution in [0.2, 0.25) is 0 Å². The van der Waals surface area contributed by atoms with Crippen molar-refractivity contribution in [1.82, 2.24) is 0 Å². The molecule has 0 atom stereocenters. The molecule has 1 aliphatic heterocycles. The fraction of sp³-hybridized carbons (Fsp3) is 0.316. The maximum absolute atomic E-state index is 5.61. The summed E-state index contributed by atoms with van der Waals surface area (Å²) < 4.78 is 7.90. The van der Waals surface area contributed by atoms with Gasteiger partial charge in [0.1, 0.15) is 12.8 Å². The van der Waals surface area contributed by atoms with Gasteiger partial charge in [-0.25, -0.2) is 0 Å². The second-order valence-electron chi connectivity index (χ2n) is 5.65. The number of rotatable bonds is 4. The fourth-order valence-electron chi connectivity index (χ4n) is 3.10. The largest absolute Gasteiger partial charge is 0.495 e. The minimum absolute atomic E-state index is 0.953. The van der Waals surface area contributed by atoms with E-state index in [9.17, 15) is 0 Å². The van der Waals surface area contributed by atoms with Crippen LogP contribution in [0, 0.1) is 0 Å². The molecule has 0 aliphatic carbocycles. The Kier molecular flexibility index (Phi) is 4.55. The number of hydrogen-bond donors (Lipinski definition) is 0. The highest BCUT2D eigenvalue weighted by molar-refractivity contribution is 7.22. The van der Waals surface area contributed by atoms with Crippen molar-refractivity contribution in [2.45, 2.75) is 27.2 Å². The van der Waals surface area contributed by atoms with Gasteiger partial charge in [0, 0.05) is 40.0 Å². The Bertz CT molecular complexity index is 820. The Balaban J connectivity index is 2.08. The van der Waals surface area contributed by atoms with Gasteiger partial charge in [0.2, 0.25) is 5.70 Å². The summed E-state index contributed by atoms with van der Waals surface area (Å²) in [5.41, 5.74) is 5.45. The van der Waals surface area contributed by atoms with Gasteiger partial charge in [0.15, 0.2) is 5.71 Å². The van der Waals surface area contributed by atoms with Crippen LogP contribution in [-0.4, -0.2) is 24.4 Å². The SMILES string of the molecule is CCC1=C(C)/C(=C/c2sc(-c3cccs3)cc2OC)[N+](C)=C1C. The van der Waals surface area contributed by atoms with Crippen molar-refractivity contribution in [3.05, 3.63) is 45.3 Å². The molecule has 120 valence electrons. The molecule has 0 bridgehead atoms. The number of thiophene rings is 2. The van der Waals surface area contributed by atoms with Crippen molar-refractivity contribution in [2.24, 2.45) is 0 Å². The highest BCUT2D eigenvalue weighted by Gasteiger charge is 2.28. The smallest absolute Gasteiger partial charge is 0.210 e. The maximum Gasteiger partial charge on any atom is 0.210 e. The highest BCUT2D eigenvalue weighted by Crippen LogP contribution is 2.40. The first kappa shape index (κ1) is 16.2. The third-order valence-electron chi connectivity index (χ3n) is 4.47. The third kappa shape index (κ3) is 2.81. The van der Waals surface area contributed by atoms with Crippen LogP contribution in [0.25, 0.3) is 15.8 Å². The first-order chi connectivity index (χ1) is 11.1. The average molecular weight is 345 g/mol. The van der Waals surface area contributed by atoms with Crippen LogP contribution >= 0.6 is 22.7 Å². The van der Waals surface area contributed by atoms with Crippen molar-refractivity contribution in [3.8, 4) is 15.5 Å². The van der Waals surface area contributed by atoms with E-state index in [1.54, 1.807) is 29.8 Å². The molecule has 0 radical (unpaired) electrons. The molecular weight excluding hydrogens is 322 g/mol. The molecule has 2 aromatic heterocycles. The molecular formula is C19H22NOS2+. The predicted octanol–water partition coefficient (Wildman–Crippen LogP) is 5.67. The fourth-order valence-corrected chi connectivity index (χ4v) is 4.99. The van der Waals surface area contributed by atoms with Crippen molar-refractivity contribution >= 4 is 34.5 Å². The monoisotopic (exact) mass is 344 g/mol. The molecule has 23 heavy (non-hydrogen) atoms. The van der Waals surface area contributed by atoms with Crippen molar-refractivity contribution < 1.29 is 9.31 Å². The van der Waals surface area contributed by atoms with E-state index in [1.165, 1.54) is 37.2 Å². The van der Waals surface area contributed by atoms with Crippen LogP contribution in [0.1, 0.15) is 32.1 Å². The van der Waals surface area contributed by atoms with E-state index in [1.807, 2.05) is 0 Å². The molecule has 0 aromatic carbocycles. The van der Waals surface area contributed by atoms with Crippen LogP contribution in [0.4, 0.5) is 0 Å². The molecule has 0 spiro atoms. The lowest BCUT2D eigenvalue weighted by Crippen LogP contribution is -2.08. The number of ether oxygens (including phenoxy) is 1. The summed E-state index contributed by atoms with van der Waals surface area (Å²) in [6.07, 6.45) is 3.34. The Labute approximate surface area is 146 Å². The van der Waals surface area contributed by atoms with E-state index < -0.39 is 0 Å². The first-order valence-electron chi connectivity index (χ1n) is 7.78. The van der Waals surface area contributed by atoms with Gasteiger partial charge in [-0.3, -0.25) is 0 Å². The van der Waals surface area contributed by atoms with E-state index in [2.05, 4.69) is 62.0 Å². The lowest BCUT2D eigenvalue weighted by molar-refractivity contribution is -0.434. The van der Waals surface area contributed by atoms with E-state index in [0.29, 0.717) is 0 Å². The van der Waals surface area contributed by atoms with E-state index in [-0.39, 0.29) is 0 Å². The van der Waals surface area contributed by atoms with Crippen LogP contribution < -0.4 is 4.74 Å². The molecule has 3 heterocycles. The number of hydrogen-bond acceptors (Lipinski definition) is 3. The van der Waals surface area contributed by atoms with Crippen LogP contribution in [-0.2, 0) is 0 Å². The molecule has 0 fully saturated rings. The zero-order valence-electron chi connectivity index (χ0n) is 14.3. The van der Waals surface area contributed by atoms with Crippen molar-refractivity contribution in [2.75, 3.05) is 14.2 Å². The summed E-state index contributed by atoms with van der Waals surface area (Å²) in [5, 5.41) is 2.11. The van der Waals surface area contributed by atoms with Crippen LogP contribution in [0.5, 0.6) is 5.75 Å². The van der Waals surface area contributed by atoms with Gasteiger partial charge in [-0.15, -0.1) is 22.7 Å². The molecule has 3 rings (SSSR count). The summed E-state index contributed by atoms with van der Waals surface area (Å²) in [4.78, 5) is 3.74. The normalized spacial score (nSPS) is 16.8. The second kappa shape index (κ2) is 6.46. The molecule has 0 amide bonds. The molecule has 0 N–H and O–H groups in total. The molecule has 2 aromatic rings. The van der Waals surface area contributed by atoms with Gasteiger partial charge in [-0.05, 0) is 24.8 Å². The number of methoxy groups -OCH3 is 1. The molecule has 2 nitrogen and oxygen atoms in total. The highest BCUT2D eigenvalue weighted by atomic mass is 32.1. The molecule has 0 unspecified atom stereocenters. The van der Waals surface area contributed by atoms with Gasteiger partial charge < -0.3 is 4.74 Å². The standard InChI is InChI=1S/C19H22NOS2/c1-6-14-12(2)15(20(4)13(14)3)10-18-16(21-5)11-19(23-18)17-8-7-9-22-17/h7-11H,6H2,1-5H3/q+1/b15-10-. The van der Waals surface area contributed by atoms with E-state index >= 15 is 0 Å². The molecule has 4 heteroatoms. The Morgan fingerprint density at radius 1 is 1.26 bits per heavy atom. The maximum atomic E-state index is 5.61. The minimum atomic E-state index is 0.953. The lowest BCUT2D eigenvalue weighted by atomic mass is 10.0. The number of likely N-dealkylation sites (N-methyl/N-ethyl adjacent to an activating group) is 1. The topological polar surface area (TPSA) is 12.2 Å². The Morgan fingerprint density at radius 2 is 2.04 bits per heavy atom. The first-order valence-corrected chi connectivity index (χ1v) is 9.47. The quantitative estimate of drug-likeness (QED) is 0.651. The third-order valence-corrected chi connectivity index (χ3v) is 6.60. The zero-order chi connectivity index (χ0) is 16.6. The minimum Gasteiger partial charge on any atom is -0.495 e. The van der Waals surface area contributed by atoms with E-state index in [4.69, 9.17) is 4.74 Å². The summed E-state index contributed by atoms with van der Waals surface area (Å²) >= 11 is 3.56. The lowest BCUT2D eigenvalue weighted by Gasteiger charge is -1.99. The average Bonchev–Trinajstić information content (AvgIpc) is 3.24. The second-order valence-corrected chi connectivity index (χ2v) is 7.68. The van der Waals surface area contributed by atoms with Crippen molar-refractivity contribution in [1.29, 1.82) is 0 Å². The van der Waals surface area contributed by atoms with Crippen molar-refractivity contribution in [3.63, 3.8) is 0 Å². The predicted molar refractivity (Wildman–Crippen MR) is 102 cm³/mol. The number of nitrogens with zero attached hydrogens (tertiary/aromatic N) is 1. The number of allylic oxidation sites excluding steroid dienone is 2. The summed E-state index contributed by atoms with van der Waals surface area (Å²) in [7, 11) is 3.89. The van der Waals surface area contributed by atoms with Gasteiger partial charge in [-0.2, -0.15) is 4.58 Å². The van der Waals surface area contributed by atoms with Gasteiger partial charge in [0.05, 0.1) is 12.0 Å². The van der Waals surface area contributed by atoms with Gasteiger partial charge in [0.25, 0.3) is 0 Å². The summed E-state index contributed by atoms with van der Waals surface area (Å²) in [6.45, 7) is 6.64. The molecule has 0 saturated carbocycles. The van der Waals surface area contributed by atoms with Crippen LogP contribution in [0.15, 0.2) is 40.4 Å². The molecule has 1 aliphatic rings. The summed E-state index contributed by atoms with van der Waals surface area (Å²) in [5.74, 6) is 0.953. The Morgan fingerprint density at radius 3 is 2.61 bits per heavy atom. The van der Waals surface area contributed by atoms with Gasteiger partial charge in [-0.1, -0.05) is 13.0 Å². The van der Waals surface area contributed by atoms with Crippen LogP contribution in [0.3, 0.4) is 0 Å².